The SMILES string of the molecule is CC(C)(C)c1noc(CCC(=O)Nc2ccc(I)cc2)n1. The first kappa shape index (κ1) is 15.9. The molecule has 0 spiro atoms. The molecule has 21 heavy (non-hydrogen) atoms. The number of nitrogens with one attached hydrogen (secondary N) is 1. The number of benzene rings is 1. The Morgan fingerprint density at radius 3 is 2.52 bits per heavy atom. The summed E-state index contributed by atoms with van der Waals surface area (Å²) >= 11 is 2.22. The Bertz CT molecular complexity index is 615. The lowest BCUT2D eigenvalue weighted by atomic mass is 9.96. The van der Waals surface area contributed by atoms with Crippen molar-refractivity contribution in [2.75, 3.05) is 5.32 Å². The number of halogens is 1. The van der Waals surface area contributed by atoms with E-state index in [2.05, 4.69) is 38.0 Å². The molecule has 1 N–H and O–H groups in total. The van der Waals surface area contributed by atoms with Crippen molar-refractivity contribution in [2.24, 2.45) is 0 Å². The van der Waals surface area contributed by atoms with Crippen molar-refractivity contribution in [2.45, 2.75) is 39.0 Å². The van der Waals surface area contributed by atoms with Crippen molar-refractivity contribution >= 4 is 34.2 Å². The Hall–Kier alpha value is -1.44. The van der Waals surface area contributed by atoms with Crippen molar-refractivity contribution in [3.8, 4) is 0 Å². The second-order valence-corrected chi connectivity index (χ2v) is 7.06. The maximum absolute atomic E-state index is 11.9. The molecule has 1 heterocycles. The predicted octanol–water partition coefficient (Wildman–Crippen LogP) is 3.54. The molecule has 5 nitrogen and oxygen atoms in total. The number of hydrogen-bond donors (Lipinski definition) is 1. The number of amides is 1. The minimum atomic E-state index is -0.148. The zero-order valence-corrected chi connectivity index (χ0v) is 14.5. The molecule has 2 rings (SSSR count). The van der Waals surface area contributed by atoms with Crippen molar-refractivity contribution < 1.29 is 9.32 Å². The third-order valence-electron chi connectivity index (χ3n) is 2.83. The summed E-state index contributed by atoms with van der Waals surface area (Å²) in [5.41, 5.74) is 0.645. The maximum atomic E-state index is 11.9. The van der Waals surface area contributed by atoms with Crippen LogP contribution in [0.4, 0.5) is 5.69 Å². The molecule has 0 fully saturated rings. The highest BCUT2D eigenvalue weighted by Gasteiger charge is 2.21. The fourth-order valence-corrected chi connectivity index (χ4v) is 2.00. The Morgan fingerprint density at radius 2 is 1.95 bits per heavy atom. The summed E-state index contributed by atoms with van der Waals surface area (Å²) in [7, 11) is 0. The molecule has 0 aliphatic heterocycles. The molecule has 112 valence electrons. The molecule has 0 saturated carbocycles. The van der Waals surface area contributed by atoms with Crippen LogP contribution in [0.5, 0.6) is 0 Å². The Morgan fingerprint density at radius 1 is 1.29 bits per heavy atom. The second kappa shape index (κ2) is 6.55. The van der Waals surface area contributed by atoms with Gasteiger partial charge in [-0.15, -0.1) is 0 Å². The van der Waals surface area contributed by atoms with Gasteiger partial charge < -0.3 is 9.84 Å². The van der Waals surface area contributed by atoms with Crippen molar-refractivity contribution in [1.29, 1.82) is 0 Å². The van der Waals surface area contributed by atoms with Crippen LogP contribution in [0.2, 0.25) is 0 Å². The van der Waals surface area contributed by atoms with Gasteiger partial charge in [0.2, 0.25) is 11.8 Å². The third kappa shape index (κ3) is 4.80. The molecule has 0 aliphatic rings. The third-order valence-corrected chi connectivity index (χ3v) is 3.55. The van der Waals surface area contributed by atoms with E-state index in [-0.39, 0.29) is 11.3 Å². The molecule has 2 aromatic rings. The van der Waals surface area contributed by atoms with Crippen LogP contribution in [0, 0.1) is 3.57 Å². The fourth-order valence-electron chi connectivity index (χ4n) is 1.64. The summed E-state index contributed by atoms with van der Waals surface area (Å²) < 4.78 is 6.30. The van der Waals surface area contributed by atoms with Crippen LogP contribution in [-0.4, -0.2) is 16.0 Å². The van der Waals surface area contributed by atoms with Gasteiger partial charge in [-0.2, -0.15) is 4.98 Å². The molecule has 0 radical (unpaired) electrons. The number of aryl methyl sites for hydroxylation is 1. The van der Waals surface area contributed by atoms with Crippen LogP contribution in [0.25, 0.3) is 0 Å². The molecule has 0 saturated heterocycles. The van der Waals surface area contributed by atoms with Gasteiger partial charge in [-0.3, -0.25) is 4.79 Å². The number of aromatic nitrogens is 2. The lowest BCUT2D eigenvalue weighted by molar-refractivity contribution is -0.116. The van der Waals surface area contributed by atoms with Crippen LogP contribution in [-0.2, 0) is 16.6 Å². The molecule has 0 aliphatic carbocycles. The maximum Gasteiger partial charge on any atom is 0.227 e. The number of anilines is 1. The summed E-state index contributed by atoms with van der Waals surface area (Å²) in [5.74, 6) is 1.10. The van der Waals surface area contributed by atoms with Crippen LogP contribution in [0.3, 0.4) is 0 Å². The molecule has 0 bridgehead atoms. The summed E-state index contributed by atoms with van der Waals surface area (Å²) in [6.45, 7) is 6.06. The second-order valence-electron chi connectivity index (χ2n) is 5.82. The number of carbonyl (C=O) groups is 1. The minimum absolute atomic E-state index is 0.0632. The highest BCUT2D eigenvalue weighted by Crippen LogP contribution is 2.19. The van der Waals surface area contributed by atoms with E-state index in [0.717, 1.165) is 9.26 Å². The van der Waals surface area contributed by atoms with Gasteiger partial charge in [-0.05, 0) is 46.9 Å². The van der Waals surface area contributed by atoms with Gasteiger partial charge in [-0.1, -0.05) is 25.9 Å². The van der Waals surface area contributed by atoms with Gasteiger partial charge in [-0.25, -0.2) is 0 Å². The Balaban J connectivity index is 1.86. The molecule has 1 aromatic heterocycles. The summed E-state index contributed by atoms with van der Waals surface area (Å²) in [4.78, 5) is 16.2. The first-order chi connectivity index (χ1) is 9.84. The topological polar surface area (TPSA) is 68.0 Å². The van der Waals surface area contributed by atoms with Crippen LogP contribution < -0.4 is 5.32 Å². The Labute approximate surface area is 137 Å². The van der Waals surface area contributed by atoms with E-state index >= 15 is 0 Å². The zero-order valence-electron chi connectivity index (χ0n) is 12.3. The molecule has 6 heteroatoms. The summed E-state index contributed by atoms with van der Waals surface area (Å²) in [6, 6.07) is 7.65. The first-order valence-corrected chi connectivity index (χ1v) is 7.81. The summed E-state index contributed by atoms with van der Waals surface area (Å²) in [5, 5.41) is 6.78. The van der Waals surface area contributed by atoms with Crippen LogP contribution >= 0.6 is 22.6 Å². The van der Waals surface area contributed by atoms with E-state index in [4.69, 9.17) is 4.52 Å². The standard InChI is InChI=1S/C15H18IN3O2/c1-15(2,3)14-18-13(21-19-14)9-8-12(20)17-11-6-4-10(16)5-7-11/h4-7H,8-9H2,1-3H3,(H,17,20). The largest absolute Gasteiger partial charge is 0.339 e. The normalized spacial score (nSPS) is 11.4. The highest BCUT2D eigenvalue weighted by atomic mass is 127. The number of nitrogens with zero attached hydrogens (tertiary/aromatic N) is 2. The molecule has 1 aromatic carbocycles. The summed E-state index contributed by atoms with van der Waals surface area (Å²) in [6.07, 6.45) is 0.761. The monoisotopic (exact) mass is 399 g/mol. The van der Waals surface area contributed by atoms with E-state index in [1.54, 1.807) is 0 Å². The van der Waals surface area contributed by atoms with Gasteiger partial charge in [0.15, 0.2) is 5.82 Å². The van der Waals surface area contributed by atoms with E-state index in [1.165, 1.54) is 0 Å². The van der Waals surface area contributed by atoms with Gasteiger partial charge in [0.25, 0.3) is 0 Å². The van der Waals surface area contributed by atoms with Crippen molar-refractivity contribution in [3.05, 3.63) is 39.6 Å². The lowest BCUT2D eigenvalue weighted by Gasteiger charge is -2.10. The van der Waals surface area contributed by atoms with Gasteiger partial charge in [0.05, 0.1) is 0 Å². The molecule has 0 unspecified atom stereocenters. The number of carbonyl (C=O) groups excluding carboxylic acids is 1. The van der Waals surface area contributed by atoms with Crippen LogP contribution in [0.15, 0.2) is 28.8 Å². The highest BCUT2D eigenvalue weighted by molar-refractivity contribution is 14.1. The van der Waals surface area contributed by atoms with E-state index < -0.39 is 0 Å². The van der Waals surface area contributed by atoms with Gasteiger partial charge in [0.1, 0.15) is 0 Å². The molecule has 0 atom stereocenters. The zero-order chi connectivity index (χ0) is 15.5. The first-order valence-electron chi connectivity index (χ1n) is 6.73. The molecular formula is C15H18IN3O2. The molecule has 1 amide bonds. The minimum Gasteiger partial charge on any atom is -0.339 e. The van der Waals surface area contributed by atoms with Gasteiger partial charge >= 0.3 is 0 Å². The predicted molar refractivity (Wildman–Crippen MR) is 89.1 cm³/mol. The van der Waals surface area contributed by atoms with Crippen molar-refractivity contribution in [1.82, 2.24) is 10.1 Å². The fraction of sp³-hybridized carbons (Fsp3) is 0.400. The molecular weight excluding hydrogens is 381 g/mol. The van der Waals surface area contributed by atoms with E-state index in [1.807, 2.05) is 45.0 Å². The quantitative estimate of drug-likeness (QED) is 0.799. The van der Waals surface area contributed by atoms with E-state index in [0.29, 0.717) is 24.6 Å². The van der Waals surface area contributed by atoms with E-state index in [9.17, 15) is 4.79 Å². The Kier molecular flexibility index (Phi) is 4.97. The average molecular weight is 399 g/mol. The van der Waals surface area contributed by atoms with Crippen molar-refractivity contribution in [3.63, 3.8) is 0 Å². The number of rotatable bonds is 4. The number of hydrogen-bond acceptors (Lipinski definition) is 4. The van der Waals surface area contributed by atoms with Gasteiger partial charge in [0, 0.05) is 27.5 Å². The lowest BCUT2D eigenvalue weighted by Crippen LogP contribution is -2.14. The van der Waals surface area contributed by atoms with Crippen LogP contribution in [0.1, 0.15) is 38.9 Å². The average Bonchev–Trinajstić information content (AvgIpc) is 2.88. The smallest absolute Gasteiger partial charge is 0.227 e.